The van der Waals surface area contributed by atoms with Crippen molar-refractivity contribution in [1.82, 2.24) is 5.32 Å². The van der Waals surface area contributed by atoms with Crippen LogP contribution >= 0.6 is 0 Å². The van der Waals surface area contributed by atoms with Gasteiger partial charge in [-0.2, -0.15) is 0 Å². The van der Waals surface area contributed by atoms with E-state index in [9.17, 15) is 0 Å². The van der Waals surface area contributed by atoms with Gasteiger partial charge in [-0.25, -0.2) is 0 Å². The standard InChI is InChI=1S/C8H21NSi/c1-5-8(10,6-2)7(3)9-4/h7,9H,5-6H2,1-4,10H3. The Bertz CT molecular complexity index is 89.3. The van der Waals surface area contributed by atoms with E-state index in [-0.39, 0.29) is 0 Å². The molecule has 10 heavy (non-hydrogen) atoms. The van der Waals surface area contributed by atoms with Crippen LogP contribution in [0.25, 0.3) is 0 Å². The summed E-state index contributed by atoms with van der Waals surface area (Å²) in [5.41, 5.74) is 0. The lowest BCUT2D eigenvalue weighted by molar-refractivity contribution is 0.395. The number of hydrogen-bond acceptors (Lipinski definition) is 1. The van der Waals surface area contributed by atoms with Crippen molar-refractivity contribution in [3.05, 3.63) is 0 Å². The molecule has 0 aliphatic rings. The van der Waals surface area contributed by atoms with Crippen LogP contribution in [0.1, 0.15) is 33.6 Å². The summed E-state index contributed by atoms with van der Waals surface area (Å²) in [6, 6.07) is 0.689. The topological polar surface area (TPSA) is 12.0 Å². The molecule has 0 bridgehead atoms. The summed E-state index contributed by atoms with van der Waals surface area (Å²) in [6.07, 6.45) is 2.63. The summed E-state index contributed by atoms with van der Waals surface area (Å²) in [7, 11) is 3.36. The summed E-state index contributed by atoms with van der Waals surface area (Å²) in [6.45, 7) is 6.88. The van der Waals surface area contributed by atoms with Crippen LogP contribution < -0.4 is 5.32 Å². The molecule has 0 saturated heterocycles. The van der Waals surface area contributed by atoms with Crippen molar-refractivity contribution in [2.75, 3.05) is 7.05 Å². The van der Waals surface area contributed by atoms with Gasteiger partial charge in [-0.05, 0) is 19.0 Å². The normalized spacial score (nSPS) is 15.6. The maximum absolute atomic E-state index is 3.34. The lowest BCUT2D eigenvalue weighted by Gasteiger charge is -2.33. The predicted molar refractivity (Wildman–Crippen MR) is 51.7 cm³/mol. The van der Waals surface area contributed by atoms with Crippen LogP contribution in [-0.2, 0) is 0 Å². The molecule has 1 N–H and O–H groups in total. The summed E-state index contributed by atoms with van der Waals surface area (Å²) in [4.78, 5) is 0. The van der Waals surface area contributed by atoms with Gasteiger partial charge in [-0.1, -0.05) is 26.7 Å². The second kappa shape index (κ2) is 4.14. The Morgan fingerprint density at radius 1 is 1.40 bits per heavy atom. The fourth-order valence-electron chi connectivity index (χ4n) is 1.21. The maximum atomic E-state index is 3.34. The van der Waals surface area contributed by atoms with Crippen LogP contribution in [-0.4, -0.2) is 23.3 Å². The molecule has 0 spiro atoms. The van der Waals surface area contributed by atoms with Crippen LogP contribution in [0.2, 0.25) is 5.04 Å². The minimum atomic E-state index is 0.620. The first-order valence-corrected chi connectivity index (χ1v) is 5.28. The Morgan fingerprint density at radius 3 is 1.90 bits per heavy atom. The molecule has 0 saturated carbocycles. The first kappa shape index (κ1) is 10.2. The average Bonchev–Trinajstić information content (AvgIpc) is 2.01. The van der Waals surface area contributed by atoms with Crippen molar-refractivity contribution in [1.29, 1.82) is 0 Å². The van der Waals surface area contributed by atoms with Gasteiger partial charge >= 0.3 is 0 Å². The maximum Gasteiger partial charge on any atom is 0.0126 e. The summed E-state index contributed by atoms with van der Waals surface area (Å²) < 4.78 is 0. The van der Waals surface area contributed by atoms with Crippen LogP contribution in [0.4, 0.5) is 0 Å². The van der Waals surface area contributed by atoms with Crippen molar-refractivity contribution in [3.63, 3.8) is 0 Å². The smallest absolute Gasteiger partial charge is 0.0126 e. The highest BCUT2D eigenvalue weighted by molar-refractivity contribution is 6.15. The fourth-order valence-corrected chi connectivity index (χ4v) is 1.50. The lowest BCUT2D eigenvalue weighted by atomic mass is 9.94. The SMILES string of the molecule is CCC([SiH3])(CC)C(C)NC. The van der Waals surface area contributed by atoms with Gasteiger partial charge in [-0.15, -0.1) is 0 Å². The van der Waals surface area contributed by atoms with E-state index < -0.39 is 0 Å². The first-order valence-electron chi connectivity index (χ1n) is 4.28. The molecule has 0 aliphatic heterocycles. The monoisotopic (exact) mass is 159 g/mol. The van der Waals surface area contributed by atoms with Crippen LogP contribution in [0.15, 0.2) is 0 Å². The molecule has 0 heterocycles. The quantitative estimate of drug-likeness (QED) is 0.602. The molecule has 62 valence electrons. The van der Waals surface area contributed by atoms with Crippen LogP contribution in [0, 0.1) is 0 Å². The van der Waals surface area contributed by atoms with E-state index in [0.29, 0.717) is 11.1 Å². The van der Waals surface area contributed by atoms with Gasteiger partial charge in [-0.3, -0.25) is 0 Å². The molecular formula is C8H21NSi. The minimum absolute atomic E-state index is 0.620. The van der Waals surface area contributed by atoms with E-state index in [1.54, 1.807) is 0 Å². The highest BCUT2D eigenvalue weighted by atomic mass is 28.1. The Hall–Kier alpha value is 0.177. The zero-order valence-electron chi connectivity index (χ0n) is 7.99. The zero-order valence-corrected chi connectivity index (χ0v) is 9.99. The molecule has 0 radical (unpaired) electrons. The lowest BCUT2D eigenvalue weighted by Crippen LogP contribution is -2.35. The van der Waals surface area contributed by atoms with Crippen molar-refractivity contribution >= 4 is 10.2 Å². The number of hydrogen-bond donors (Lipinski definition) is 1. The third-order valence-electron chi connectivity index (χ3n) is 3.09. The van der Waals surface area contributed by atoms with Crippen molar-refractivity contribution in [2.24, 2.45) is 0 Å². The van der Waals surface area contributed by atoms with Gasteiger partial charge in [0.15, 0.2) is 0 Å². The first-order chi connectivity index (χ1) is 4.60. The Balaban J connectivity index is 4.02. The molecule has 0 aromatic carbocycles. The molecule has 2 heteroatoms. The number of rotatable bonds is 4. The third kappa shape index (κ3) is 2.10. The molecule has 1 nitrogen and oxygen atoms in total. The second-order valence-electron chi connectivity index (χ2n) is 3.37. The average molecular weight is 159 g/mol. The van der Waals surface area contributed by atoms with Gasteiger partial charge in [0.05, 0.1) is 0 Å². The molecule has 0 rings (SSSR count). The summed E-state index contributed by atoms with van der Waals surface area (Å²) in [5, 5.41) is 3.96. The van der Waals surface area contributed by atoms with Gasteiger partial charge < -0.3 is 5.32 Å². The molecule has 0 amide bonds. The Kier molecular flexibility index (Phi) is 4.21. The van der Waals surface area contributed by atoms with Crippen molar-refractivity contribution < 1.29 is 0 Å². The van der Waals surface area contributed by atoms with E-state index in [1.807, 2.05) is 0 Å². The Morgan fingerprint density at radius 2 is 1.80 bits per heavy atom. The second-order valence-corrected chi connectivity index (χ2v) is 5.36. The van der Waals surface area contributed by atoms with Gasteiger partial charge in [0.2, 0.25) is 0 Å². The number of nitrogens with one attached hydrogen (secondary N) is 1. The molecular weight excluding hydrogens is 138 g/mol. The highest BCUT2D eigenvalue weighted by Crippen LogP contribution is 2.33. The largest absolute Gasteiger partial charge is 0.317 e. The molecule has 1 unspecified atom stereocenters. The van der Waals surface area contributed by atoms with E-state index in [2.05, 4.69) is 33.1 Å². The summed E-state index contributed by atoms with van der Waals surface area (Å²) >= 11 is 0. The van der Waals surface area contributed by atoms with Gasteiger partial charge in [0.1, 0.15) is 0 Å². The minimum Gasteiger partial charge on any atom is -0.317 e. The fraction of sp³-hybridized carbons (Fsp3) is 1.00. The summed E-state index contributed by atoms with van der Waals surface area (Å²) in [5.74, 6) is 0. The van der Waals surface area contributed by atoms with E-state index >= 15 is 0 Å². The third-order valence-corrected chi connectivity index (χ3v) is 5.37. The van der Waals surface area contributed by atoms with Gasteiger partial charge in [0, 0.05) is 16.3 Å². The molecule has 1 atom stereocenters. The van der Waals surface area contributed by atoms with E-state index in [1.165, 1.54) is 23.1 Å². The van der Waals surface area contributed by atoms with Gasteiger partial charge in [0.25, 0.3) is 0 Å². The zero-order chi connectivity index (χ0) is 8.20. The Labute approximate surface area is 68.0 Å². The van der Waals surface area contributed by atoms with E-state index in [4.69, 9.17) is 0 Å². The molecule has 0 aromatic heterocycles. The predicted octanol–water partition coefficient (Wildman–Crippen LogP) is 0.938. The van der Waals surface area contributed by atoms with E-state index in [0.717, 1.165) is 0 Å². The van der Waals surface area contributed by atoms with Crippen molar-refractivity contribution in [2.45, 2.75) is 44.7 Å². The van der Waals surface area contributed by atoms with Crippen LogP contribution in [0.3, 0.4) is 0 Å². The molecule has 0 aromatic rings. The van der Waals surface area contributed by atoms with Crippen molar-refractivity contribution in [3.8, 4) is 0 Å². The molecule has 0 aliphatic carbocycles. The molecule has 0 fully saturated rings. The highest BCUT2D eigenvalue weighted by Gasteiger charge is 2.25. The van der Waals surface area contributed by atoms with Crippen LogP contribution in [0.5, 0.6) is 0 Å².